The van der Waals surface area contributed by atoms with Gasteiger partial charge >= 0.3 is 5.97 Å². The number of nitrogens with one attached hydrogen (secondary N) is 1. The van der Waals surface area contributed by atoms with E-state index in [1.54, 1.807) is 11.3 Å². The number of thiazole rings is 1. The molecule has 0 amide bonds. The Morgan fingerprint density at radius 1 is 1.25 bits per heavy atom. The standard InChI is InChI=1S/C19H24N2O2S/c1-12(20-16-10-8-15(9-11-16)19(22)23)17-13(2)21-18(24-17)14-6-4-3-5-7-14/h3-7,12,15-16,20H,8-11H2,1-2H3,(H,22,23). The Labute approximate surface area is 146 Å². The van der Waals surface area contributed by atoms with Gasteiger partial charge < -0.3 is 10.4 Å². The van der Waals surface area contributed by atoms with Crippen LogP contribution in [0.3, 0.4) is 0 Å². The van der Waals surface area contributed by atoms with Crippen molar-refractivity contribution in [3.63, 3.8) is 0 Å². The van der Waals surface area contributed by atoms with Gasteiger partial charge in [-0.25, -0.2) is 4.98 Å². The lowest BCUT2D eigenvalue weighted by Crippen LogP contribution is -2.36. The van der Waals surface area contributed by atoms with Gasteiger partial charge in [-0.2, -0.15) is 0 Å². The zero-order valence-electron chi connectivity index (χ0n) is 14.2. The van der Waals surface area contributed by atoms with Crippen LogP contribution in [0, 0.1) is 12.8 Å². The lowest BCUT2D eigenvalue weighted by molar-refractivity contribution is -0.142. The summed E-state index contributed by atoms with van der Waals surface area (Å²) < 4.78 is 0. The first-order valence-electron chi connectivity index (χ1n) is 8.56. The number of nitrogens with zero attached hydrogens (tertiary/aromatic N) is 1. The minimum Gasteiger partial charge on any atom is -0.481 e. The van der Waals surface area contributed by atoms with Crippen molar-refractivity contribution in [1.82, 2.24) is 10.3 Å². The van der Waals surface area contributed by atoms with Crippen molar-refractivity contribution >= 4 is 17.3 Å². The summed E-state index contributed by atoms with van der Waals surface area (Å²) >= 11 is 1.75. The van der Waals surface area contributed by atoms with Gasteiger partial charge in [0.1, 0.15) is 5.01 Å². The fourth-order valence-electron chi connectivity index (χ4n) is 3.45. The molecule has 2 aromatic rings. The quantitative estimate of drug-likeness (QED) is 0.843. The molecule has 1 aromatic carbocycles. The van der Waals surface area contributed by atoms with Gasteiger partial charge in [-0.05, 0) is 39.5 Å². The number of carboxylic acid groups (broad SMARTS) is 1. The Balaban J connectivity index is 1.65. The van der Waals surface area contributed by atoms with Crippen LogP contribution in [-0.4, -0.2) is 22.1 Å². The second-order valence-corrected chi connectivity index (χ2v) is 7.64. The van der Waals surface area contributed by atoms with Gasteiger partial charge in [-0.1, -0.05) is 30.3 Å². The summed E-state index contributed by atoms with van der Waals surface area (Å²) in [6, 6.07) is 10.9. The minimum atomic E-state index is -0.646. The number of hydrogen-bond acceptors (Lipinski definition) is 4. The SMILES string of the molecule is Cc1nc(-c2ccccc2)sc1C(C)NC1CCC(C(=O)O)CC1. The maximum Gasteiger partial charge on any atom is 0.306 e. The normalized spacial score (nSPS) is 22.2. The predicted octanol–water partition coefficient (Wildman–Crippen LogP) is 4.41. The van der Waals surface area contributed by atoms with Crippen LogP contribution >= 0.6 is 11.3 Å². The van der Waals surface area contributed by atoms with Gasteiger partial charge in [0.25, 0.3) is 0 Å². The molecule has 1 fully saturated rings. The van der Waals surface area contributed by atoms with E-state index in [1.165, 1.54) is 4.88 Å². The third kappa shape index (κ3) is 3.84. The molecule has 4 nitrogen and oxygen atoms in total. The van der Waals surface area contributed by atoms with Crippen molar-refractivity contribution < 1.29 is 9.90 Å². The summed E-state index contributed by atoms with van der Waals surface area (Å²) in [5.74, 6) is -0.805. The zero-order chi connectivity index (χ0) is 17.1. The van der Waals surface area contributed by atoms with E-state index in [1.807, 2.05) is 18.2 Å². The molecule has 128 valence electrons. The molecule has 0 saturated heterocycles. The molecular formula is C19H24N2O2S. The first-order valence-corrected chi connectivity index (χ1v) is 9.38. The van der Waals surface area contributed by atoms with Gasteiger partial charge in [0.2, 0.25) is 0 Å². The average Bonchev–Trinajstić information content (AvgIpc) is 2.98. The van der Waals surface area contributed by atoms with Crippen LogP contribution in [0.15, 0.2) is 30.3 Å². The molecule has 1 aromatic heterocycles. The average molecular weight is 344 g/mol. The topological polar surface area (TPSA) is 62.2 Å². The number of aromatic nitrogens is 1. The van der Waals surface area contributed by atoms with Gasteiger partial charge in [0, 0.05) is 22.5 Å². The Morgan fingerprint density at radius 2 is 1.92 bits per heavy atom. The van der Waals surface area contributed by atoms with E-state index in [0.717, 1.165) is 41.9 Å². The fourth-order valence-corrected chi connectivity index (χ4v) is 4.53. The monoisotopic (exact) mass is 344 g/mol. The lowest BCUT2D eigenvalue weighted by atomic mass is 9.86. The van der Waals surface area contributed by atoms with E-state index in [0.29, 0.717) is 6.04 Å². The Hall–Kier alpha value is -1.72. The summed E-state index contributed by atoms with van der Waals surface area (Å²) in [6.07, 6.45) is 3.42. The molecule has 1 aliphatic carbocycles. The molecule has 1 saturated carbocycles. The summed E-state index contributed by atoms with van der Waals surface area (Å²) in [6.45, 7) is 4.25. The third-order valence-electron chi connectivity index (χ3n) is 4.81. The highest BCUT2D eigenvalue weighted by molar-refractivity contribution is 7.15. The van der Waals surface area contributed by atoms with Crippen molar-refractivity contribution in [2.45, 2.75) is 51.6 Å². The highest BCUT2D eigenvalue weighted by Gasteiger charge is 2.27. The first-order chi connectivity index (χ1) is 11.5. The van der Waals surface area contributed by atoms with Crippen molar-refractivity contribution in [2.75, 3.05) is 0 Å². The second-order valence-electron chi connectivity index (χ2n) is 6.61. The molecule has 5 heteroatoms. The van der Waals surface area contributed by atoms with E-state index in [2.05, 4.69) is 31.3 Å². The van der Waals surface area contributed by atoms with Crippen LogP contribution in [0.5, 0.6) is 0 Å². The molecule has 0 bridgehead atoms. The molecule has 0 aliphatic heterocycles. The summed E-state index contributed by atoms with van der Waals surface area (Å²) in [5, 5.41) is 13.8. The number of carboxylic acids is 1. The fraction of sp³-hybridized carbons (Fsp3) is 0.474. The Bertz CT molecular complexity index is 691. The van der Waals surface area contributed by atoms with E-state index in [-0.39, 0.29) is 12.0 Å². The zero-order valence-corrected chi connectivity index (χ0v) is 15.0. The highest BCUT2D eigenvalue weighted by atomic mass is 32.1. The molecule has 1 aliphatic rings. The predicted molar refractivity (Wildman–Crippen MR) is 97.2 cm³/mol. The van der Waals surface area contributed by atoms with Crippen molar-refractivity contribution in [3.05, 3.63) is 40.9 Å². The van der Waals surface area contributed by atoms with E-state index in [9.17, 15) is 4.79 Å². The summed E-state index contributed by atoms with van der Waals surface area (Å²) in [4.78, 5) is 17.1. The van der Waals surface area contributed by atoms with Crippen molar-refractivity contribution in [1.29, 1.82) is 0 Å². The minimum absolute atomic E-state index is 0.159. The molecule has 3 rings (SSSR count). The number of aryl methyl sites for hydroxylation is 1. The van der Waals surface area contributed by atoms with E-state index >= 15 is 0 Å². The van der Waals surface area contributed by atoms with Crippen molar-refractivity contribution in [2.24, 2.45) is 5.92 Å². The van der Waals surface area contributed by atoms with Gasteiger partial charge in [-0.3, -0.25) is 4.79 Å². The second kappa shape index (κ2) is 7.45. The van der Waals surface area contributed by atoms with Gasteiger partial charge in [0.05, 0.1) is 11.6 Å². The third-order valence-corrected chi connectivity index (χ3v) is 6.20. The summed E-state index contributed by atoms with van der Waals surface area (Å²) in [7, 11) is 0. The molecule has 0 radical (unpaired) electrons. The van der Waals surface area contributed by atoms with Gasteiger partial charge in [-0.15, -0.1) is 11.3 Å². The van der Waals surface area contributed by atoms with Crippen LogP contribution in [-0.2, 0) is 4.79 Å². The van der Waals surface area contributed by atoms with Crippen LogP contribution in [0.25, 0.3) is 10.6 Å². The van der Waals surface area contributed by atoms with Crippen LogP contribution in [0.4, 0.5) is 0 Å². The van der Waals surface area contributed by atoms with Crippen molar-refractivity contribution in [3.8, 4) is 10.6 Å². The molecule has 2 N–H and O–H groups in total. The highest BCUT2D eigenvalue weighted by Crippen LogP contribution is 2.33. The molecule has 0 spiro atoms. The molecule has 1 unspecified atom stereocenters. The van der Waals surface area contributed by atoms with Crippen LogP contribution in [0.1, 0.15) is 49.2 Å². The largest absolute Gasteiger partial charge is 0.481 e. The Morgan fingerprint density at radius 3 is 2.54 bits per heavy atom. The van der Waals surface area contributed by atoms with Crippen LogP contribution < -0.4 is 5.32 Å². The molecule has 1 heterocycles. The van der Waals surface area contributed by atoms with E-state index in [4.69, 9.17) is 10.1 Å². The molecule has 1 atom stereocenters. The number of carbonyl (C=O) groups is 1. The Kier molecular flexibility index (Phi) is 5.31. The maximum absolute atomic E-state index is 11.1. The maximum atomic E-state index is 11.1. The number of rotatable bonds is 5. The summed E-state index contributed by atoms with van der Waals surface area (Å²) in [5.41, 5.74) is 2.24. The number of aliphatic carboxylic acids is 1. The number of hydrogen-bond donors (Lipinski definition) is 2. The van der Waals surface area contributed by atoms with Crippen LogP contribution in [0.2, 0.25) is 0 Å². The van der Waals surface area contributed by atoms with E-state index < -0.39 is 5.97 Å². The lowest BCUT2D eigenvalue weighted by Gasteiger charge is -2.29. The first kappa shape index (κ1) is 17.1. The molecular weight excluding hydrogens is 320 g/mol. The molecule has 24 heavy (non-hydrogen) atoms. The smallest absolute Gasteiger partial charge is 0.306 e. The number of benzene rings is 1. The van der Waals surface area contributed by atoms with Gasteiger partial charge in [0.15, 0.2) is 0 Å².